The lowest BCUT2D eigenvalue weighted by Crippen LogP contribution is -2.31. The van der Waals surface area contributed by atoms with Crippen LogP contribution in [0.25, 0.3) is 10.9 Å². The summed E-state index contributed by atoms with van der Waals surface area (Å²) in [5, 5.41) is 6.39. The summed E-state index contributed by atoms with van der Waals surface area (Å²) >= 11 is 0. The smallest absolute Gasteiger partial charge is 0.251 e. The molecule has 0 spiro atoms. The Morgan fingerprint density at radius 3 is 2.85 bits per heavy atom. The molecule has 0 unspecified atom stereocenters. The van der Waals surface area contributed by atoms with E-state index in [2.05, 4.69) is 25.6 Å². The number of amides is 1. The summed E-state index contributed by atoms with van der Waals surface area (Å²) in [6.07, 6.45) is 1.51. The van der Waals surface area contributed by atoms with Crippen molar-refractivity contribution >= 4 is 28.4 Å². The number of H-pyrrole nitrogens is 1. The molecule has 0 saturated carbocycles. The number of hydrogen-bond donors (Lipinski definition) is 3. The molecule has 4 rings (SSSR count). The lowest BCUT2D eigenvalue weighted by Gasteiger charge is -2.11. The van der Waals surface area contributed by atoms with Crippen LogP contribution in [0.1, 0.15) is 16.1 Å². The number of rotatable bonds is 8. The Morgan fingerprint density at radius 2 is 2.03 bits per heavy atom. The summed E-state index contributed by atoms with van der Waals surface area (Å²) in [6, 6.07) is 13.6. The SMILES string of the molecule is Cc1cc2c(F)c(Oc3ccnc(Nc4cccc(C(=O)NCCN(C)C)c4)n3)ccc2[nH]1. The fourth-order valence-electron chi connectivity index (χ4n) is 3.30. The number of aryl methyl sites for hydroxylation is 1. The highest BCUT2D eigenvalue weighted by Gasteiger charge is 2.13. The first-order chi connectivity index (χ1) is 15.9. The van der Waals surface area contributed by atoms with Crippen molar-refractivity contribution in [3.05, 3.63) is 71.8 Å². The predicted octanol–water partition coefficient (Wildman–Crippen LogP) is 4.23. The van der Waals surface area contributed by atoms with Crippen LogP contribution in [0, 0.1) is 12.7 Å². The zero-order valence-electron chi connectivity index (χ0n) is 18.6. The van der Waals surface area contributed by atoms with E-state index >= 15 is 0 Å². The van der Waals surface area contributed by atoms with Gasteiger partial charge in [0, 0.05) is 53.2 Å². The Balaban J connectivity index is 1.46. The monoisotopic (exact) mass is 448 g/mol. The molecule has 0 saturated heterocycles. The largest absolute Gasteiger partial charge is 0.436 e. The zero-order valence-corrected chi connectivity index (χ0v) is 18.6. The van der Waals surface area contributed by atoms with E-state index in [1.807, 2.05) is 25.9 Å². The van der Waals surface area contributed by atoms with Crippen molar-refractivity contribution in [3.63, 3.8) is 0 Å². The average molecular weight is 449 g/mol. The van der Waals surface area contributed by atoms with Crippen LogP contribution < -0.4 is 15.4 Å². The molecule has 0 aliphatic rings. The van der Waals surface area contributed by atoms with E-state index in [1.165, 1.54) is 6.20 Å². The Hall–Kier alpha value is -3.98. The summed E-state index contributed by atoms with van der Waals surface area (Å²) in [4.78, 5) is 26.0. The maximum atomic E-state index is 14.8. The number of benzene rings is 2. The Kier molecular flexibility index (Phi) is 6.50. The van der Waals surface area contributed by atoms with Crippen molar-refractivity contribution in [3.8, 4) is 11.6 Å². The van der Waals surface area contributed by atoms with E-state index in [0.717, 1.165) is 12.2 Å². The maximum absolute atomic E-state index is 14.8. The minimum absolute atomic E-state index is 0.0718. The maximum Gasteiger partial charge on any atom is 0.251 e. The molecule has 3 N–H and O–H groups in total. The number of anilines is 2. The quantitative estimate of drug-likeness (QED) is 0.373. The highest BCUT2D eigenvalue weighted by Crippen LogP contribution is 2.30. The van der Waals surface area contributed by atoms with Crippen LogP contribution in [-0.4, -0.2) is 52.9 Å². The van der Waals surface area contributed by atoms with Crippen LogP contribution in [0.3, 0.4) is 0 Å². The van der Waals surface area contributed by atoms with Gasteiger partial charge in [0.1, 0.15) is 0 Å². The molecular weight excluding hydrogens is 423 g/mol. The molecule has 2 aromatic heterocycles. The van der Waals surface area contributed by atoms with Crippen molar-refractivity contribution < 1.29 is 13.9 Å². The third kappa shape index (κ3) is 5.45. The van der Waals surface area contributed by atoms with Crippen molar-refractivity contribution in [2.45, 2.75) is 6.92 Å². The van der Waals surface area contributed by atoms with Gasteiger partial charge in [0.05, 0.1) is 0 Å². The van der Waals surface area contributed by atoms with E-state index in [9.17, 15) is 9.18 Å². The first kappa shape index (κ1) is 22.2. The van der Waals surface area contributed by atoms with E-state index < -0.39 is 5.82 Å². The molecule has 0 aliphatic heterocycles. The first-order valence-electron chi connectivity index (χ1n) is 10.5. The normalized spacial score (nSPS) is 11.1. The highest BCUT2D eigenvalue weighted by molar-refractivity contribution is 5.95. The summed E-state index contributed by atoms with van der Waals surface area (Å²) in [7, 11) is 3.89. The number of nitrogens with one attached hydrogen (secondary N) is 3. The Labute approximate surface area is 190 Å². The predicted molar refractivity (Wildman–Crippen MR) is 126 cm³/mol. The summed E-state index contributed by atoms with van der Waals surface area (Å²) in [6.45, 7) is 3.17. The van der Waals surface area contributed by atoms with E-state index in [-0.39, 0.29) is 23.5 Å². The van der Waals surface area contributed by atoms with E-state index in [1.54, 1.807) is 48.5 Å². The van der Waals surface area contributed by atoms with Crippen LogP contribution in [0.4, 0.5) is 16.0 Å². The van der Waals surface area contributed by atoms with Gasteiger partial charge in [-0.15, -0.1) is 0 Å². The second-order valence-electron chi connectivity index (χ2n) is 7.88. The van der Waals surface area contributed by atoms with Crippen LogP contribution in [0.5, 0.6) is 11.6 Å². The van der Waals surface area contributed by atoms with Gasteiger partial charge in [0.15, 0.2) is 11.6 Å². The van der Waals surface area contributed by atoms with Crippen molar-refractivity contribution in [2.24, 2.45) is 0 Å². The van der Waals surface area contributed by atoms with Gasteiger partial charge < -0.3 is 25.3 Å². The summed E-state index contributed by atoms with van der Waals surface area (Å²) < 4.78 is 20.5. The molecule has 0 radical (unpaired) electrons. The molecule has 9 heteroatoms. The molecule has 0 atom stereocenters. The van der Waals surface area contributed by atoms with Gasteiger partial charge in [-0.05, 0) is 57.4 Å². The minimum atomic E-state index is -0.460. The van der Waals surface area contributed by atoms with Crippen LogP contribution in [0.15, 0.2) is 54.7 Å². The number of carbonyl (C=O) groups is 1. The number of aromatic amines is 1. The van der Waals surface area contributed by atoms with Crippen molar-refractivity contribution in [2.75, 3.05) is 32.5 Å². The Bertz CT molecular complexity index is 1290. The fraction of sp³-hybridized carbons (Fsp3) is 0.208. The number of hydrogen-bond acceptors (Lipinski definition) is 6. The molecule has 1 amide bonds. The number of fused-ring (bicyclic) bond motifs is 1. The van der Waals surface area contributed by atoms with Gasteiger partial charge in [-0.3, -0.25) is 4.79 Å². The van der Waals surface area contributed by atoms with Gasteiger partial charge in [-0.25, -0.2) is 9.37 Å². The molecule has 8 nitrogen and oxygen atoms in total. The molecule has 0 aliphatic carbocycles. The van der Waals surface area contributed by atoms with Crippen molar-refractivity contribution in [1.82, 2.24) is 25.2 Å². The second kappa shape index (κ2) is 9.66. The third-order valence-corrected chi connectivity index (χ3v) is 4.91. The van der Waals surface area contributed by atoms with Gasteiger partial charge in [-0.2, -0.15) is 4.98 Å². The molecule has 2 aromatic carbocycles. The van der Waals surface area contributed by atoms with Crippen LogP contribution in [0.2, 0.25) is 0 Å². The van der Waals surface area contributed by atoms with Crippen LogP contribution in [-0.2, 0) is 0 Å². The number of ether oxygens (including phenoxy) is 1. The average Bonchev–Trinajstić information content (AvgIpc) is 3.17. The van der Waals surface area contributed by atoms with Gasteiger partial charge in [-0.1, -0.05) is 6.07 Å². The van der Waals surface area contributed by atoms with Gasteiger partial charge >= 0.3 is 0 Å². The van der Waals surface area contributed by atoms with E-state index in [4.69, 9.17) is 4.74 Å². The molecule has 4 aromatic rings. The molecule has 0 bridgehead atoms. The highest BCUT2D eigenvalue weighted by atomic mass is 19.1. The third-order valence-electron chi connectivity index (χ3n) is 4.91. The zero-order chi connectivity index (χ0) is 23.4. The lowest BCUT2D eigenvalue weighted by molar-refractivity contribution is 0.0951. The summed E-state index contributed by atoms with van der Waals surface area (Å²) in [5.74, 6) is -0.0999. The molecule has 2 heterocycles. The molecular formula is C24H25FN6O2. The van der Waals surface area contributed by atoms with E-state index in [0.29, 0.717) is 28.7 Å². The fourth-order valence-corrected chi connectivity index (χ4v) is 3.30. The number of halogens is 1. The number of likely N-dealkylation sites (N-methyl/N-ethyl adjacent to an activating group) is 1. The topological polar surface area (TPSA) is 95.2 Å². The van der Waals surface area contributed by atoms with Crippen LogP contribution >= 0.6 is 0 Å². The number of aromatic nitrogens is 3. The number of carbonyl (C=O) groups excluding carboxylic acids is 1. The standard InChI is InChI=1S/C24H25FN6O2/c1-15-13-18-19(28-15)7-8-20(22(18)25)33-21-9-10-27-24(30-21)29-17-6-4-5-16(14-17)23(32)26-11-12-31(2)3/h4-10,13-14,28H,11-12H2,1-3H3,(H,26,32)(H,27,29,30). The molecule has 170 valence electrons. The molecule has 0 fully saturated rings. The Morgan fingerprint density at radius 1 is 1.18 bits per heavy atom. The lowest BCUT2D eigenvalue weighted by atomic mass is 10.2. The first-order valence-corrected chi connectivity index (χ1v) is 10.5. The van der Waals surface area contributed by atoms with Gasteiger partial charge in [0.25, 0.3) is 5.91 Å². The summed E-state index contributed by atoms with van der Waals surface area (Å²) in [5.41, 5.74) is 2.72. The second-order valence-corrected chi connectivity index (χ2v) is 7.88. The van der Waals surface area contributed by atoms with Crippen molar-refractivity contribution in [1.29, 1.82) is 0 Å². The van der Waals surface area contributed by atoms with Gasteiger partial charge in [0.2, 0.25) is 11.8 Å². The molecule has 33 heavy (non-hydrogen) atoms. The minimum Gasteiger partial charge on any atom is -0.436 e. The number of nitrogens with zero attached hydrogens (tertiary/aromatic N) is 3.